The lowest BCUT2D eigenvalue weighted by Gasteiger charge is -2.47. The molecular formula is C41H50N8O3. The molecule has 2 aromatic carbocycles. The van der Waals surface area contributed by atoms with Gasteiger partial charge in [0, 0.05) is 68.7 Å². The number of nitrogens with zero attached hydrogens (tertiary/aromatic N) is 7. The van der Waals surface area contributed by atoms with E-state index in [2.05, 4.69) is 34.7 Å². The summed E-state index contributed by atoms with van der Waals surface area (Å²) in [5, 5.41) is 10.1. The highest BCUT2D eigenvalue weighted by Gasteiger charge is 2.34. The number of fused-ring (bicyclic) bond motifs is 1. The minimum atomic E-state index is -0.199. The molecule has 0 radical (unpaired) electrons. The molecule has 1 atom stereocenters. The highest BCUT2D eigenvalue weighted by Crippen LogP contribution is 2.37. The molecule has 4 aromatic rings. The molecule has 3 aliphatic rings. The highest BCUT2D eigenvalue weighted by molar-refractivity contribution is 5.97. The molecule has 11 nitrogen and oxygen atoms in total. The van der Waals surface area contributed by atoms with Gasteiger partial charge < -0.3 is 20.1 Å². The third kappa shape index (κ3) is 7.56. The quantitative estimate of drug-likeness (QED) is 0.111. The maximum atomic E-state index is 13.8. The molecule has 0 saturated carbocycles. The summed E-state index contributed by atoms with van der Waals surface area (Å²) < 4.78 is 13.5. The molecule has 0 aliphatic carbocycles. The second-order valence-electron chi connectivity index (χ2n) is 15.0. The van der Waals surface area contributed by atoms with E-state index in [9.17, 15) is 10.1 Å². The van der Waals surface area contributed by atoms with Crippen molar-refractivity contribution in [2.45, 2.75) is 70.4 Å². The van der Waals surface area contributed by atoms with Crippen molar-refractivity contribution in [2.75, 3.05) is 58.2 Å². The summed E-state index contributed by atoms with van der Waals surface area (Å²) in [6.45, 7) is 13.8. The Labute approximate surface area is 306 Å². The van der Waals surface area contributed by atoms with Crippen molar-refractivity contribution in [3.63, 3.8) is 0 Å². The van der Waals surface area contributed by atoms with Gasteiger partial charge in [0.1, 0.15) is 46.0 Å². The number of likely N-dealkylation sites (tertiary alicyclic amines) is 1. The number of ether oxygens (including phenoxy) is 2. The fourth-order valence-electron chi connectivity index (χ4n) is 7.94. The Balaban J connectivity index is 1.01. The monoisotopic (exact) mass is 702 g/mol. The van der Waals surface area contributed by atoms with Gasteiger partial charge in [-0.3, -0.25) is 19.0 Å². The number of carbonyl (C=O) groups is 1. The van der Waals surface area contributed by atoms with Crippen LogP contribution in [0.5, 0.6) is 11.5 Å². The third-order valence-electron chi connectivity index (χ3n) is 11.1. The number of amides is 1. The van der Waals surface area contributed by atoms with Gasteiger partial charge in [0.05, 0.1) is 19.3 Å². The van der Waals surface area contributed by atoms with E-state index in [1.54, 1.807) is 6.20 Å². The van der Waals surface area contributed by atoms with Crippen LogP contribution in [0, 0.1) is 18.3 Å². The highest BCUT2D eigenvalue weighted by atomic mass is 16.5. The van der Waals surface area contributed by atoms with Crippen LogP contribution in [0.25, 0.3) is 16.8 Å². The predicted molar refractivity (Wildman–Crippen MR) is 202 cm³/mol. The number of para-hydroxylation sites is 1. The summed E-state index contributed by atoms with van der Waals surface area (Å²) in [5.74, 6) is 2.52. The number of piperidine rings is 1. The molecule has 0 unspecified atom stereocenters. The molecule has 3 fully saturated rings. The first-order valence-corrected chi connectivity index (χ1v) is 18.6. The Morgan fingerprint density at radius 1 is 1.10 bits per heavy atom. The van der Waals surface area contributed by atoms with E-state index < -0.39 is 0 Å². The molecule has 3 saturated heterocycles. The number of hydrogen-bond acceptors (Lipinski definition) is 9. The summed E-state index contributed by atoms with van der Waals surface area (Å²) in [7, 11) is 0. The van der Waals surface area contributed by atoms with Crippen LogP contribution in [-0.2, 0) is 9.53 Å². The minimum absolute atomic E-state index is 0.0280. The van der Waals surface area contributed by atoms with E-state index >= 15 is 0 Å². The van der Waals surface area contributed by atoms with Crippen molar-refractivity contribution < 1.29 is 14.3 Å². The molecule has 3 aliphatic heterocycles. The van der Waals surface area contributed by atoms with Crippen molar-refractivity contribution in [1.29, 1.82) is 5.26 Å². The first kappa shape index (κ1) is 35.6. The van der Waals surface area contributed by atoms with Gasteiger partial charge >= 0.3 is 0 Å². The lowest BCUT2D eigenvalue weighted by atomic mass is 9.93. The van der Waals surface area contributed by atoms with E-state index in [1.165, 1.54) is 0 Å². The van der Waals surface area contributed by atoms with Crippen LogP contribution in [0.2, 0.25) is 0 Å². The van der Waals surface area contributed by atoms with E-state index in [-0.39, 0.29) is 22.9 Å². The second-order valence-corrected chi connectivity index (χ2v) is 15.0. The van der Waals surface area contributed by atoms with E-state index in [1.807, 2.05) is 77.0 Å². The first-order chi connectivity index (χ1) is 25.2. The average Bonchev–Trinajstić information content (AvgIpc) is 3.52. The predicted octanol–water partition coefficient (Wildman–Crippen LogP) is 6.20. The first-order valence-electron chi connectivity index (χ1n) is 18.6. The Morgan fingerprint density at radius 3 is 2.60 bits per heavy atom. The summed E-state index contributed by atoms with van der Waals surface area (Å²) in [5.41, 5.74) is 10.2. The second kappa shape index (κ2) is 15.5. The van der Waals surface area contributed by atoms with Gasteiger partial charge in [-0.2, -0.15) is 5.26 Å². The number of carbonyl (C=O) groups excluding carboxylic acids is 1. The Hall–Kier alpha value is -4.76. The van der Waals surface area contributed by atoms with Crippen molar-refractivity contribution in [1.82, 2.24) is 29.1 Å². The molecule has 5 heterocycles. The zero-order valence-corrected chi connectivity index (χ0v) is 30.6. The zero-order valence-electron chi connectivity index (χ0n) is 30.6. The van der Waals surface area contributed by atoms with Crippen LogP contribution in [0.4, 0.5) is 5.82 Å². The summed E-state index contributed by atoms with van der Waals surface area (Å²) in [6, 6.07) is 18.5. The molecule has 0 bridgehead atoms. The van der Waals surface area contributed by atoms with Gasteiger partial charge in [-0.05, 0) is 88.8 Å². The van der Waals surface area contributed by atoms with Crippen LogP contribution >= 0.6 is 0 Å². The number of nitriles is 1. The number of nitrogens with two attached hydrogens (primary N) is 1. The molecule has 272 valence electrons. The Morgan fingerprint density at radius 2 is 1.88 bits per heavy atom. The summed E-state index contributed by atoms with van der Waals surface area (Å²) in [4.78, 5) is 30.3. The smallest absolute Gasteiger partial charge is 0.264 e. The standard InChI is InChI=1S/C41H50N8O3/c1-29-24-34(52-33-12-5-4-6-13-33)14-15-35(29)36-37-38(43)44-17-19-49(37)39(45-36)31-11-9-18-47(26-31)40(50)30(25-42)10-7-8-16-41(2,3)48-22-20-46(21-23-48)32-27-51-28-32/h4-6,10,12-15,17,19,24,31-32H,7-9,11,16,18,20-23,26-28H2,1-3H3,(H2,43,44)/b30-10+/t31-/m1/s1. The van der Waals surface area contributed by atoms with Crippen LogP contribution in [-0.4, -0.2) is 99.0 Å². The van der Waals surface area contributed by atoms with Gasteiger partial charge in [-0.1, -0.05) is 24.3 Å². The number of hydrogen-bond donors (Lipinski definition) is 1. The number of rotatable bonds is 11. The van der Waals surface area contributed by atoms with Crippen LogP contribution < -0.4 is 10.5 Å². The number of unbranched alkanes of at least 4 members (excludes halogenated alkanes) is 1. The van der Waals surface area contributed by atoms with Crippen molar-refractivity contribution in [3.8, 4) is 28.8 Å². The number of aryl methyl sites for hydroxylation is 1. The number of imidazole rings is 1. The molecule has 1 amide bonds. The van der Waals surface area contributed by atoms with Crippen LogP contribution in [0.1, 0.15) is 63.3 Å². The van der Waals surface area contributed by atoms with Gasteiger partial charge in [0.15, 0.2) is 0 Å². The SMILES string of the molecule is Cc1cc(Oc2ccccc2)ccc1-c1nc([C@@H]2CCCN(C(=O)/C(C#N)=C/CCCC(C)(C)N3CCN(C4COC4)CC3)C2)n2ccnc(N)c12. The lowest BCUT2D eigenvalue weighted by molar-refractivity contribution is -0.127. The number of anilines is 1. The fourth-order valence-corrected chi connectivity index (χ4v) is 7.94. The molecule has 2 aromatic heterocycles. The minimum Gasteiger partial charge on any atom is -0.457 e. The van der Waals surface area contributed by atoms with Gasteiger partial charge in [0.2, 0.25) is 0 Å². The maximum Gasteiger partial charge on any atom is 0.264 e. The Kier molecular flexibility index (Phi) is 10.6. The van der Waals surface area contributed by atoms with Crippen molar-refractivity contribution in [3.05, 3.63) is 84.0 Å². The van der Waals surface area contributed by atoms with E-state index in [0.29, 0.717) is 31.4 Å². The summed E-state index contributed by atoms with van der Waals surface area (Å²) >= 11 is 0. The molecule has 0 spiro atoms. The van der Waals surface area contributed by atoms with Crippen molar-refractivity contribution in [2.24, 2.45) is 0 Å². The number of allylic oxidation sites excluding steroid dienone is 1. The van der Waals surface area contributed by atoms with E-state index in [0.717, 1.165) is 105 Å². The van der Waals surface area contributed by atoms with Crippen LogP contribution in [0.3, 0.4) is 0 Å². The molecule has 2 N–H and O–H groups in total. The van der Waals surface area contributed by atoms with Gasteiger partial charge in [-0.15, -0.1) is 0 Å². The summed E-state index contributed by atoms with van der Waals surface area (Å²) in [6.07, 6.45) is 9.74. The average molecular weight is 703 g/mol. The third-order valence-corrected chi connectivity index (χ3v) is 11.1. The fraction of sp³-hybridized carbons (Fsp3) is 0.463. The van der Waals surface area contributed by atoms with E-state index in [4.69, 9.17) is 20.2 Å². The molecule has 52 heavy (non-hydrogen) atoms. The zero-order chi connectivity index (χ0) is 36.2. The number of aromatic nitrogens is 3. The van der Waals surface area contributed by atoms with Crippen molar-refractivity contribution >= 4 is 17.2 Å². The van der Waals surface area contributed by atoms with Crippen LogP contribution in [0.15, 0.2) is 72.6 Å². The Bertz CT molecular complexity index is 1950. The molecular weight excluding hydrogens is 653 g/mol. The largest absolute Gasteiger partial charge is 0.457 e. The maximum absolute atomic E-state index is 13.8. The number of benzene rings is 2. The molecule has 11 heteroatoms. The lowest BCUT2D eigenvalue weighted by Crippen LogP contribution is -2.60. The molecule has 7 rings (SSSR count). The van der Waals surface area contributed by atoms with Gasteiger partial charge in [0.25, 0.3) is 5.91 Å². The van der Waals surface area contributed by atoms with Gasteiger partial charge in [-0.25, -0.2) is 9.97 Å². The number of nitrogen functional groups attached to an aromatic ring is 1. The number of piperazine rings is 1. The normalized spacial score (nSPS) is 19.4. The topological polar surface area (TPSA) is 125 Å².